The van der Waals surface area contributed by atoms with E-state index >= 15 is 0 Å². The first-order chi connectivity index (χ1) is 6.69. The number of aliphatic carboxylic acids is 1. The second kappa shape index (κ2) is 5.64. The van der Waals surface area contributed by atoms with Crippen molar-refractivity contribution >= 4 is 13.6 Å². The molecule has 0 spiro atoms. The van der Waals surface area contributed by atoms with Gasteiger partial charge in [-0.1, -0.05) is 0 Å². The molecular weight excluding hydrogens is 219 g/mol. The normalized spacial score (nSPS) is 14.6. The molecule has 0 rings (SSSR count). The predicted molar refractivity (Wildman–Crippen MR) is 57.1 cm³/mol. The molecule has 1 N–H and O–H groups in total. The summed E-state index contributed by atoms with van der Waals surface area (Å²) in [5.41, 5.74) is -1.15. The fourth-order valence-corrected chi connectivity index (χ4v) is 2.79. The zero-order chi connectivity index (χ0) is 12.2. The first kappa shape index (κ1) is 14.6. The fourth-order valence-electron chi connectivity index (χ4n) is 0.930. The largest absolute Gasteiger partial charge is 0.481 e. The first-order valence-corrected chi connectivity index (χ1v) is 6.49. The molecule has 0 aromatic rings. The number of carbonyl (C=O) groups is 1. The van der Waals surface area contributed by atoms with Crippen molar-refractivity contribution in [2.75, 3.05) is 0 Å². The van der Waals surface area contributed by atoms with Crippen molar-refractivity contribution in [3.8, 4) is 0 Å². The highest BCUT2D eigenvalue weighted by Crippen LogP contribution is 2.54. The molecular formula is C9H19O5P. The monoisotopic (exact) mass is 238 g/mol. The van der Waals surface area contributed by atoms with Gasteiger partial charge in [0, 0.05) is 0 Å². The van der Waals surface area contributed by atoms with Gasteiger partial charge in [0.05, 0.1) is 12.2 Å². The second-order valence-corrected chi connectivity index (χ2v) is 6.14. The lowest BCUT2D eigenvalue weighted by Gasteiger charge is -2.25. The van der Waals surface area contributed by atoms with E-state index in [2.05, 4.69) is 0 Å². The zero-order valence-electron chi connectivity index (χ0n) is 9.76. The maximum Gasteiger partial charge on any atom is 0.345 e. The molecule has 1 atom stereocenters. The van der Waals surface area contributed by atoms with Gasteiger partial charge >= 0.3 is 13.6 Å². The summed E-state index contributed by atoms with van der Waals surface area (Å²) in [7, 11) is -3.58. The zero-order valence-corrected chi connectivity index (χ0v) is 10.7. The van der Waals surface area contributed by atoms with Crippen LogP contribution in [0.1, 0.15) is 34.6 Å². The van der Waals surface area contributed by atoms with Crippen molar-refractivity contribution in [1.82, 2.24) is 0 Å². The van der Waals surface area contributed by atoms with Gasteiger partial charge in [-0.05, 0) is 34.6 Å². The minimum Gasteiger partial charge on any atom is -0.481 e. The summed E-state index contributed by atoms with van der Waals surface area (Å²) in [5.74, 6) is -1.18. The van der Waals surface area contributed by atoms with Crippen LogP contribution in [0.15, 0.2) is 0 Å². The first-order valence-electron chi connectivity index (χ1n) is 4.88. The van der Waals surface area contributed by atoms with Gasteiger partial charge in [-0.3, -0.25) is 9.36 Å². The molecule has 0 fully saturated rings. The van der Waals surface area contributed by atoms with Gasteiger partial charge in [0.2, 0.25) is 0 Å². The smallest absolute Gasteiger partial charge is 0.345 e. The Hall–Kier alpha value is -0.380. The Morgan fingerprint density at radius 2 is 1.40 bits per heavy atom. The minimum atomic E-state index is -3.58. The average molecular weight is 238 g/mol. The summed E-state index contributed by atoms with van der Waals surface area (Å²) in [6.07, 6.45) is -0.673. The van der Waals surface area contributed by atoms with Gasteiger partial charge in [0.1, 0.15) is 0 Å². The molecule has 0 radical (unpaired) electrons. The third-order valence-electron chi connectivity index (χ3n) is 1.55. The van der Waals surface area contributed by atoms with Crippen molar-refractivity contribution in [3.05, 3.63) is 0 Å². The Labute approximate surface area is 90.3 Å². The number of hydrogen-bond donors (Lipinski definition) is 1. The van der Waals surface area contributed by atoms with Crippen LogP contribution in [0.25, 0.3) is 0 Å². The van der Waals surface area contributed by atoms with Gasteiger partial charge in [0.25, 0.3) is 0 Å². The standard InChI is InChI=1S/C9H19O5P/c1-6(2)13-15(12,14-7(3)4)8(5)9(10)11/h6-8H,1-5H3,(H,10,11)/t8-/m1/s1. The number of hydrogen-bond acceptors (Lipinski definition) is 4. The third kappa shape index (κ3) is 4.78. The van der Waals surface area contributed by atoms with E-state index in [0.29, 0.717) is 0 Å². The minimum absolute atomic E-state index is 0.337. The Balaban J connectivity index is 4.85. The predicted octanol–water partition coefficient (Wildman–Crippen LogP) is 2.50. The number of carboxylic acids is 1. The molecule has 0 saturated heterocycles. The van der Waals surface area contributed by atoms with Crippen molar-refractivity contribution < 1.29 is 23.5 Å². The molecule has 15 heavy (non-hydrogen) atoms. The van der Waals surface area contributed by atoms with Crippen LogP contribution in [0.2, 0.25) is 0 Å². The maximum absolute atomic E-state index is 12.2. The Morgan fingerprint density at radius 3 is 1.60 bits per heavy atom. The van der Waals surface area contributed by atoms with Crippen molar-refractivity contribution in [2.45, 2.75) is 52.5 Å². The second-order valence-electron chi connectivity index (χ2n) is 3.86. The summed E-state index contributed by atoms with van der Waals surface area (Å²) in [4.78, 5) is 10.8. The van der Waals surface area contributed by atoms with E-state index in [1.807, 2.05) is 0 Å². The lowest BCUT2D eigenvalue weighted by Crippen LogP contribution is -2.22. The van der Waals surface area contributed by atoms with E-state index in [4.69, 9.17) is 14.2 Å². The highest BCUT2D eigenvalue weighted by molar-refractivity contribution is 7.55. The highest BCUT2D eigenvalue weighted by atomic mass is 31.2. The summed E-state index contributed by atoms with van der Waals surface area (Å²) >= 11 is 0. The maximum atomic E-state index is 12.2. The molecule has 0 heterocycles. The molecule has 0 aromatic heterocycles. The molecule has 0 saturated carbocycles. The Morgan fingerprint density at radius 1 is 1.07 bits per heavy atom. The Bertz CT molecular complexity index is 247. The lowest BCUT2D eigenvalue weighted by atomic mass is 10.5. The van der Waals surface area contributed by atoms with Crippen LogP contribution in [0.5, 0.6) is 0 Å². The van der Waals surface area contributed by atoms with Crippen LogP contribution in [0.4, 0.5) is 0 Å². The summed E-state index contributed by atoms with van der Waals surface area (Å²) in [6, 6.07) is 0. The molecule has 5 nitrogen and oxygen atoms in total. The van der Waals surface area contributed by atoms with Crippen LogP contribution in [-0.2, 0) is 18.4 Å². The molecule has 0 amide bonds. The quantitative estimate of drug-likeness (QED) is 0.720. The SMILES string of the molecule is CC(C)OP(=O)(OC(C)C)[C@H](C)C(=O)O. The van der Waals surface area contributed by atoms with Gasteiger partial charge in [-0.2, -0.15) is 0 Å². The fraction of sp³-hybridized carbons (Fsp3) is 0.889. The van der Waals surface area contributed by atoms with E-state index in [9.17, 15) is 9.36 Å². The van der Waals surface area contributed by atoms with E-state index in [1.54, 1.807) is 27.7 Å². The molecule has 0 bridgehead atoms. The lowest BCUT2D eigenvalue weighted by molar-refractivity contribution is -0.136. The molecule has 0 aromatic carbocycles. The van der Waals surface area contributed by atoms with Gasteiger partial charge < -0.3 is 14.2 Å². The van der Waals surface area contributed by atoms with E-state index in [1.165, 1.54) is 6.92 Å². The summed E-state index contributed by atoms with van der Waals surface area (Å²) in [5, 5.41) is 8.81. The highest BCUT2D eigenvalue weighted by Gasteiger charge is 2.39. The molecule has 0 unspecified atom stereocenters. The van der Waals surface area contributed by atoms with E-state index < -0.39 is 19.2 Å². The van der Waals surface area contributed by atoms with Gasteiger partial charge in [-0.15, -0.1) is 0 Å². The molecule has 0 aliphatic heterocycles. The van der Waals surface area contributed by atoms with Crippen molar-refractivity contribution in [2.24, 2.45) is 0 Å². The van der Waals surface area contributed by atoms with E-state index in [-0.39, 0.29) is 12.2 Å². The summed E-state index contributed by atoms with van der Waals surface area (Å²) in [6.45, 7) is 8.07. The average Bonchev–Trinajstić information content (AvgIpc) is 1.99. The summed E-state index contributed by atoms with van der Waals surface area (Å²) < 4.78 is 22.4. The van der Waals surface area contributed by atoms with Crippen LogP contribution in [0.3, 0.4) is 0 Å². The van der Waals surface area contributed by atoms with Gasteiger partial charge in [-0.25, -0.2) is 0 Å². The van der Waals surface area contributed by atoms with Crippen molar-refractivity contribution in [1.29, 1.82) is 0 Å². The van der Waals surface area contributed by atoms with Crippen LogP contribution < -0.4 is 0 Å². The number of carboxylic acid groups (broad SMARTS) is 1. The molecule has 0 aliphatic rings. The van der Waals surface area contributed by atoms with Crippen molar-refractivity contribution in [3.63, 3.8) is 0 Å². The molecule has 6 heteroatoms. The van der Waals surface area contributed by atoms with E-state index in [0.717, 1.165) is 0 Å². The van der Waals surface area contributed by atoms with Crippen LogP contribution in [-0.4, -0.2) is 28.9 Å². The topological polar surface area (TPSA) is 72.8 Å². The molecule has 90 valence electrons. The molecule has 0 aliphatic carbocycles. The number of rotatable bonds is 6. The van der Waals surface area contributed by atoms with Gasteiger partial charge in [0.15, 0.2) is 5.66 Å². The Kier molecular flexibility index (Phi) is 5.49. The van der Waals surface area contributed by atoms with Crippen LogP contribution in [0, 0.1) is 0 Å². The third-order valence-corrected chi connectivity index (χ3v) is 4.15. The van der Waals surface area contributed by atoms with Crippen LogP contribution >= 0.6 is 7.60 Å².